The third-order valence-corrected chi connectivity index (χ3v) is 4.57. The minimum atomic E-state index is -3.33. The summed E-state index contributed by atoms with van der Waals surface area (Å²) < 4.78 is 36.7. The smallest absolute Gasteiger partial charge is 0.279 e. The fourth-order valence-corrected chi connectivity index (χ4v) is 2.98. The van der Waals surface area contributed by atoms with Crippen molar-refractivity contribution in [3.05, 3.63) is 59.9 Å². The zero-order valence-corrected chi connectivity index (χ0v) is 14.4. The number of likely N-dealkylation sites (N-methyl/N-ethyl adjacent to an activating group) is 1. The number of quaternary nitrogens is 1. The van der Waals surface area contributed by atoms with Crippen molar-refractivity contribution in [2.24, 2.45) is 0 Å². The SMILES string of the molecule is C[NH+](CC(=O)Nc1cccc(S(C)(=O)=O)c1)Cc1ccccc1F. The third-order valence-electron chi connectivity index (χ3n) is 3.46. The molecule has 0 aliphatic carbocycles. The van der Waals surface area contributed by atoms with Crippen molar-refractivity contribution in [3.8, 4) is 0 Å². The van der Waals surface area contributed by atoms with Crippen molar-refractivity contribution in [3.63, 3.8) is 0 Å². The van der Waals surface area contributed by atoms with Crippen LogP contribution in [0.5, 0.6) is 0 Å². The lowest BCUT2D eigenvalue weighted by molar-refractivity contribution is -0.885. The van der Waals surface area contributed by atoms with Crippen molar-refractivity contribution in [2.75, 3.05) is 25.2 Å². The first-order valence-electron chi connectivity index (χ1n) is 7.40. The van der Waals surface area contributed by atoms with Gasteiger partial charge in [-0.25, -0.2) is 12.8 Å². The van der Waals surface area contributed by atoms with E-state index in [1.165, 1.54) is 18.2 Å². The third kappa shape index (κ3) is 5.14. The van der Waals surface area contributed by atoms with Crippen LogP contribution in [0.4, 0.5) is 10.1 Å². The predicted molar refractivity (Wildman–Crippen MR) is 90.0 cm³/mol. The highest BCUT2D eigenvalue weighted by Gasteiger charge is 2.14. The van der Waals surface area contributed by atoms with Crippen LogP contribution in [0.1, 0.15) is 5.56 Å². The zero-order chi connectivity index (χ0) is 17.7. The predicted octanol–water partition coefficient (Wildman–Crippen LogP) is 0.883. The first-order chi connectivity index (χ1) is 11.3. The van der Waals surface area contributed by atoms with E-state index in [-0.39, 0.29) is 23.2 Å². The molecule has 2 aromatic rings. The summed E-state index contributed by atoms with van der Waals surface area (Å²) in [5.74, 6) is -0.562. The lowest BCUT2D eigenvalue weighted by Crippen LogP contribution is -3.08. The van der Waals surface area contributed by atoms with E-state index < -0.39 is 9.84 Å². The molecule has 2 N–H and O–H groups in total. The van der Waals surface area contributed by atoms with Crippen LogP contribution in [0, 0.1) is 5.82 Å². The Kier molecular flexibility index (Phi) is 5.69. The Bertz CT molecular complexity index is 837. The molecule has 0 heterocycles. The molecule has 0 saturated carbocycles. The maximum Gasteiger partial charge on any atom is 0.279 e. The van der Waals surface area contributed by atoms with Gasteiger partial charge in [-0.1, -0.05) is 24.3 Å². The molecule has 0 aromatic heterocycles. The maximum absolute atomic E-state index is 13.6. The van der Waals surface area contributed by atoms with Crippen LogP contribution in [0.15, 0.2) is 53.4 Å². The summed E-state index contributed by atoms with van der Waals surface area (Å²) in [6.07, 6.45) is 1.11. The summed E-state index contributed by atoms with van der Waals surface area (Å²) >= 11 is 0. The van der Waals surface area contributed by atoms with Crippen molar-refractivity contribution in [2.45, 2.75) is 11.4 Å². The van der Waals surface area contributed by atoms with E-state index in [0.29, 0.717) is 17.8 Å². The van der Waals surface area contributed by atoms with Crippen LogP contribution in [0.25, 0.3) is 0 Å². The average Bonchev–Trinajstić information content (AvgIpc) is 2.49. The van der Waals surface area contributed by atoms with Crippen LogP contribution in [-0.2, 0) is 21.2 Å². The van der Waals surface area contributed by atoms with E-state index in [1.807, 2.05) is 0 Å². The Hall–Kier alpha value is -2.25. The molecule has 0 saturated heterocycles. The first-order valence-corrected chi connectivity index (χ1v) is 9.29. The van der Waals surface area contributed by atoms with Gasteiger partial charge in [0.25, 0.3) is 5.91 Å². The summed E-state index contributed by atoms with van der Waals surface area (Å²) in [5.41, 5.74) is 0.962. The highest BCUT2D eigenvalue weighted by atomic mass is 32.2. The Balaban J connectivity index is 1.97. The maximum atomic E-state index is 13.6. The van der Waals surface area contributed by atoms with Crippen molar-refractivity contribution in [1.82, 2.24) is 0 Å². The number of carbonyl (C=O) groups excluding carboxylic acids is 1. The molecule has 0 aliphatic heterocycles. The summed E-state index contributed by atoms with van der Waals surface area (Å²) in [7, 11) is -1.54. The topological polar surface area (TPSA) is 67.7 Å². The van der Waals surface area contributed by atoms with Crippen molar-refractivity contribution >= 4 is 21.4 Å². The van der Waals surface area contributed by atoms with Crippen molar-refractivity contribution in [1.29, 1.82) is 0 Å². The molecule has 1 unspecified atom stereocenters. The molecule has 1 amide bonds. The molecule has 7 heteroatoms. The number of nitrogens with one attached hydrogen (secondary N) is 2. The van der Waals surface area contributed by atoms with Crippen molar-refractivity contribution < 1.29 is 22.5 Å². The average molecular weight is 351 g/mol. The molecule has 128 valence electrons. The molecule has 0 bridgehead atoms. The van der Waals surface area contributed by atoms with Gasteiger partial charge in [-0.3, -0.25) is 4.79 Å². The minimum Gasteiger partial charge on any atom is -0.326 e. The van der Waals surface area contributed by atoms with Crippen LogP contribution in [0.2, 0.25) is 0 Å². The fourth-order valence-electron chi connectivity index (χ4n) is 2.31. The summed E-state index contributed by atoms with van der Waals surface area (Å²) in [4.78, 5) is 13.0. The van der Waals surface area contributed by atoms with Crippen LogP contribution in [-0.4, -0.2) is 34.2 Å². The molecule has 2 rings (SSSR count). The Labute approximate surface area is 141 Å². The van der Waals surface area contributed by atoms with E-state index in [0.717, 1.165) is 11.2 Å². The molecule has 0 fully saturated rings. The van der Waals surface area contributed by atoms with E-state index in [4.69, 9.17) is 0 Å². The van der Waals surface area contributed by atoms with Crippen LogP contribution < -0.4 is 10.2 Å². The van der Waals surface area contributed by atoms with Gasteiger partial charge in [-0.15, -0.1) is 0 Å². The van der Waals surface area contributed by atoms with Gasteiger partial charge < -0.3 is 10.2 Å². The molecule has 5 nitrogen and oxygen atoms in total. The summed E-state index contributed by atoms with van der Waals surface area (Å²) in [6, 6.07) is 12.5. The zero-order valence-electron chi connectivity index (χ0n) is 13.5. The minimum absolute atomic E-state index is 0.136. The normalized spacial score (nSPS) is 12.6. The largest absolute Gasteiger partial charge is 0.326 e. The molecule has 1 atom stereocenters. The molecule has 2 aromatic carbocycles. The lowest BCUT2D eigenvalue weighted by atomic mass is 10.2. The van der Waals surface area contributed by atoms with Gasteiger partial charge in [-0.2, -0.15) is 0 Å². The number of carbonyl (C=O) groups is 1. The van der Waals surface area contributed by atoms with E-state index >= 15 is 0 Å². The van der Waals surface area contributed by atoms with Gasteiger partial charge in [0, 0.05) is 17.5 Å². The van der Waals surface area contributed by atoms with Gasteiger partial charge in [-0.05, 0) is 24.3 Å². The van der Waals surface area contributed by atoms with Gasteiger partial charge in [0.2, 0.25) is 0 Å². The number of halogens is 1. The standard InChI is InChI=1S/C17H19FN2O3S/c1-20(11-13-6-3-4-9-16(13)18)12-17(21)19-14-7-5-8-15(10-14)24(2,22)23/h3-10H,11-12H2,1-2H3,(H,19,21)/p+1. The highest BCUT2D eigenvalue weighted by molar-refractivity contribution is 7.90. The van der Waals surface area contributed by atoms with E-state index in [9.17, 15) is 17.6 Å². The summed E-state index contributed by atoms with van der Waals surface area (Å²) in [6.45, 7) is 0.515. The first kappa shape index (κ1) is 18.1. The Morgan fingerprint density at radius 1 is 1.17 bits per heavy atom. The van der Waals surface area contributed by atoms with Gasteiger partial charge in [0.15, 0.2) is 16.4 Å². The second kappa shape index (κ2) is 7.55. The van der Waals surface area contributed by atoms with Gasteiger partial charge in [0.1, 0.15) is 12.4 Å². The molecule has 0 spiro atoms. The second-order valence-electron chi connectivity index (χ2n) is 5.75. The quantitative estimate of drug-likeness (QED) is 0.812. The Morgan fingerprint density at radius 2 is 1.88 bits per heavy atom. The number of rotatable bonds is 6. The van der Waals surface area contributed by atoms with E-state index in [2.05, 4.69) is 5.32 Å². The summed E-state index contributed by atoms with van der Waals surface area (Å²) in [5, 5.41) is 2.67. The molecule has 0 aliphatic rings. The van der Waals surface area contributed by atoms with Crippen LogP contribution >= 0.6 is 0 Å². The van der Waals surface area contributed by atoms with Crippen LogP contribution in [0.3, 0.4) is 0 Å². The number of benzene rings is 2. The second-order valence-corrected chi connectivity index (χ2v) is 7.77. The number of anilines is 1. The molecular formula is C17H20FN2O3S+. The fraction of sp³-hybridized carbons (Fsp3) is 0.235. The molecule has 0 radical (unpaired) electrons. The monoisotopic (exact) mass is 351 g/mol. The number of hydrogen-bond donors (Lipinski definition) is 2. The molecular weight excluding hydrogens is 331 g/mol. The van der Waals surface area contributed by atoms with E-state index in [1.54, 1.807) is 37.4 Å². The van der Waals surface area contributed by atoms with Gasteiger partial charge >= 0.3 is 0 Å². The Morgan fingerprint density at radius 3 is 2.54 bits per heavy atom. The number of hydrogen-bond acceptors (Lipinski definition) is 3. The van der Waals surface area contributed by atoms with Gasteiger partial charge in [0.05, 0.1) is 11.9 Å². The highest BCUT2D eigenvalue weighted by Crippen LogP contribution is 2.15. The lowest BCUT2D eigenvalue weighted by Gasteiger charge is -2.14. The number of amides is 1. The molecule has 24 heavy (non-hydrogen) atoms. The number of sulfone groups is 1.